The Labute approximate surface area is 170 Å². The minimum Gasteiger partial charge on any atom is -0.339 e. The Morgan fingerprint density at radius 3 is 2.71 bits per heavy atom. The van der Waals surface area contributed by atoms with Crippen LogP contribution in [-0.4, -0.2) is 36.0 Å². The molecule has 0 aliphatic carbocycles. The number of aromatic nitrogens is 2. The van der Waals surface area contributed by atoms with E-state index in [9.17, 15) is 12.8 Å². The van der Waals surface area contributed by atoms with Gasteiger partial charge in [-0.15, -0.1) is 0 Å². The highest BCUT2D eigenvalue weighted by atomic mass is 79.9. The fourth-order valence-electron chi connectivity index (χ4n) is 3.26. The van der Waals surface area contributed by atoms with E-state index in [1.54, 1.807) is 36.4 Å². The molecule has 0 N–H and O–H groups in total. The van der Waals surface area contributed by atoms with E-state index < -0.39 is 10.0 Å². The molecule has 0 radical (unpaired) electrons. The molecule has 6 nitrogen and oxygen atoms in total. The van der Waals surface area contributed by atoms with Crippen molar-refractivity contribution in [1.82, 2.24) is 14.4 Å². The Morgan fingerprint density at radius 2 is 1.96 bits per heavy atom. The first-order valence-corrected chi connectivity index (χ1v) is 11.0. The number of rotatable bonds is 4. The van der Waals surface area contributed by atoms with Crippen LogP contribution in [0.3, 0.4) is 0 Å². The molecule has 0 spiro atoms. The number of halogens is 2. The van der Waals surface area contributed by atoms with E-state index in [2.05, 4.69) is 26.1 Å². The van der Waals surface area contributed by atoms with E-state index in [0.717, 1.165) is 10.9 Å². The second kappa shape index (κ2) is 7.73. The summed E-state index contributed by atoms with van der Waals surface area (Å²) in [5.74, 6) is 0.0828. The third kappa shape index (κ3) is 3.87. The van der Waals surface area contributed by atoms with Crippen molar-refractivity contribution in [1.29, 1.82) is 0 Å². The average molecular weight is 466 g/mol. The van der Waals surface area contributed by atoms with E-state index in [0.29, 0.717) is 30.2 Å². The minimum atomic E-state index is -3.60. The zero-order valence-electron chi connectivity index (χ0n) is 14.8. The number of sulfonamides is 1. The molecule has 0 amide bonds. The lowest BCUT2D eigenvalue weighted by molar-refractivity contribution is 0.265. The van der Waals surface area contributed by atoms with Crippen LogP contribution in [0.25, 0.3) is 11.4 Å². The maximum absolute atomic E-state index is 13.4. The predicted octanol–water partition coefficient (Wildman–Crippen LogP) is 4.21. The van der Waals surface area contributed by atoms with Gasteiger partial charge in [-0.3, -0.25) is 0 Å². The SMILES string of the molecule is O=S(=O)(c1ccc(Br)cc1)N1CCC[C@H](c2nc(-c3cccc(F)c3)no2)C1. The zero-order chi connectivity index (χ0) is 19.7. The summed E-state index contributed by atoms with van der Waals surface area (Å²) in [6.07, 6.45) is 1.44. The smallest absolute Gasteiger partial charge is 0.243 e. The Balaban J connectivity index is 1.55. The standard InChI is InChI=1S/C19H17BrFN3O3S/c20-15-6-8-17(9-7-15)28(25,26)24-10-2-4-14(12-24)19-22-18(23-27-19)13-3-1-5-16(21)11-13/h1,3,5-9,11,14H,2,4,10,12H2/t14-/m0/s1. The second-order valence-electron chi connectivity index (χ2n) is 6.62. The fourth-order valence-corrected chi connectivity index (χ4v) is 5.05. The van der Waals surface area contributed by atoms with Gasteiger partial charge < -0.3 is 4.52 Å². The molecule has 1 aliphatic rings. The molecule has 28 heavy (non-hydrogen) atoms. The zero-order valence-corrected chi connectivity index (χ0v) is 17.2. The van der Waals surface area contributed by atoms with Gasteiger partial charge in [0.2, 0.25) is 21.7 Å². The van der Waals surface area contributed by atoms with Gasteiger partial charge in [0.05, 0.1) is 10.8 Å². The summed E-state index contributed by atoms with van der Waals surface area (Å²) in [7, 11) is -3.60. The second-order valence-corrected chi connectivity index (χ2v) is 9.48. The van der Waals surface area contributed by atoms with Crippen molar-refractivity contribution in [3.63, 3.8) is 0 Å². The number of piperidine rings is 1. The van der Waals surface area contributed by atoms with Gasteiger partial charge in [-0.05, 0) is 49.2 Å². The molecule has 1 fully saturated rings. The predicted molar refractivity (Wildman–Crippen MR) is 105 cm³/mol. The summed E-state index contributed by atoms with van der Waals surface area (Å²) in [5.41, 5.74) is 0.519. The maximum Gasteiger partial charge on any atom is 0.243 e. The van der Waals surface area contributed by atoms with Gasteiger partial charge in [-0.25, -0.2) is 12.8 Å². The summed E-state index contributed by atoms with van der Waals surface area (Å²) in [6, 6.07) is 12.5. The number of nitrogens with zero attached hydrogens (tertiary/aromatic N) is 3. The summed E-state index contributed by atoms with van der Waals surface area (Å²) in [5, 5.41) is 3.93. The monoisotopic (exact) mass is 465 g/mol. The fraction of sp³-hybridized carbons (Fsp3) is 0.263. The largest absolute Gasteiger partial charge is 0.339 e. The highest BCUT2D eigenvalue weighted by Crippen LogP contribution is 2.31. The topological polar surface area (TPSA) is 76.3 Å². The van der Waals surface area contributed by atoms with E-state index in [-0.39, 0.29) is 23.2 Å². The number of benzene rings is 2. The Bertz CT molecular complexity index is 1090. The maximum atomic E-state index is 13.4. The van der Waals surface area contributed by atoms with Gasteiger partial charge in [0.25, 0.3) is 0 Å². The highest BCUT2D eigenvalue weighted by molar-refractivity contribution is 9.10. The van der Waals surface area contributed by atoms with Crippen LogP contribution in [0.1, 0.15) is 24.7 Å². The Hall–Kier alpha value is -2.10. The van der Waals surface area contributed by atoms with E-state index in [4.69, 9.17) is 4.52 Å². The molecule has 3 aromatic rings. The van der Waals surface area contributed by atoms with Crippen LogP contribution in [-0.2, 0) is 10.0 Å². The summed E-state index contributed by atoms with van der Waals surface area (Å²) in [6.45, 7) is 0.711. The van der Waals surface area contributed by atoms with Gasteiger partial charge in [-0.1, -0.05) is 33.2 Å². The normalized spacial score (nSPS) is 18.3. The minimum absolute atomic E-state index is 0.200. The lowest BCUT2D eigenvalue weighted by Gasteiger charge is -2.30. The molecule has 1 aliphatic heterocycles. The lowest BCUT2D eigenvalue weighted by Crippen LogP contribution is -2.39. The molecule has 0 bridgehead atoms. The van der Waals surface area contributed by atoms with E-state index in [1.807, 2.05) is 0 Å². The first kappa shape index (κ1) is 19.2. The van der Waals surface area contributed by atoms with Gasteiger partial charge in [0.1, 0.15) is 5.82 Å². The van der Waals surface area contributed by atoms with Crippen molar-refractivity contribution < 1.29 is 17.3 Å². The average Bonchev–Trinajstić information content (AvgIpc) is 3.19. The first-order valence-electron chi connectivity index (χ1n) is 8.79. The van der Waals surface area contributed by atoms with Crippen molar-refractivity contribution in [3.8, 4) is 11.4 Å². The van der Waals surface area contributed by atoms with Crippen LogP contribution in [0.4, 0.5) is 4.39 Å². The summed E-state index contributed by atoms with van der Waals surface area (Å²) in [4.78, 5) is 4.63. The Morgan fingerprint density at radius 1 is 1.18 bits per heavy atom. The van der Waals surface area contributed by atoms with Crippen molar-refractivity contribution in [2.24, 2.45) is 0 Å². The summed E-state index contributed by atoms with van der Waals surface area (Å²) >= 11 is 3.31. The quantitative estimate of drug-likeness (QED) is 0.576. The van der Waals surface area contributed by atoms with Crippen molar-refractivity contribution >= 4 is 26.0 Å². The molecule has 9 heteroatoms. The highest BCUT2D eigenvalue weighted by Gasteiger charge is 2.33. The molecule has 0 saturated carbocycles. The molecule has 146 valence electrons. The molecular weight excluding hydrogens is 449 g/mol. The Kier molecular flexibility index (Phi) is 5.31. The van der Waals surface area contributed by atoms with Crippen LogP contribution in [0.15, 0.2) is 62.4 Å². The third-order valence-electron chi connectivity index (χ3n) is 4.71. The van der Waals surface area contributed by atoms with Crippen LogP contribution in [0.5, 0.6) is 0 Å². The molecule has 4 rings (SSSR count). The molecule has 1 atom stereocenters. The molecule has 1 aromatic heterocycles. The van der Waals surface area contributed by atoms with Gasteiger partial charge in [0.15, 0.2) is 0 Å². The van der Waals surface area contributed by atoms with Crippen molar-refractivity contribution in [2.75, 3.05) is 13.1 Å². The number of hydrogen-bond acceptors (Lipinski definition) is 5. The van der Waals surface area contributed by atoms with E-state index >= 15 is 0 Å². The first-order chi connectivity index (χ1) is 13.4. The number of hydrogen-bond donors (Lipinski definition) is 0. The van der Waals surface area contributed by atoms with Gasteiger partial charge in [0, 0.05) is 23.1 Å². The molecule has 2 aromatic carbocycles. The van der Waals surface area contributed by atoms with Crippen LogP contribution < -0.4 is 0 Å². The van der Waals surface area contributed by atoms with Gasteiger partial charge in [-0.2, -0.15) is 9.29 Å². The molecule has 2 heterocycles. The van der Waals surface area contributed by atoms with E-state index in [1.165, 1.54) is 16.4 Å². The molecule has 1 saturated heterocycles. The molecule has 0 unspecified atom stereocenters. The van der Waals surface area contributed by atoms with Crippen LogP contribution in [0, 0.1) is 5.82 Å². The lowest BCUT2D eigenvalue weighted by atomic mass is 10.00. The van der Waals surface area contributed by atoms with Crippen LogP contribution in [0.2, 0.25) is 0 Å². The van der Waals surface area contributed by atoms with Gasteiger partial charge >= 0.3 is 0 Å². The van der Waals surface area contributed by atoms with Crippen molar-refractivity contribution in [3.05, 3.63) is 64.7 Å². The van der Waals surface area contributed by atoms with Crippen molar-refractivity contribution in [2.45, 2.75) is 23.7 Å². The third-order valence-corrected chi connectivity index (χ3v) is 7.12. The molecular formula is C19H17BrFN3O3S. The summed E-state index contributed by atoms with van der Waals surface area (Å²) < 4.78 is 46.9. The van der Waals surface area contributed by atoms with Crippen LogP contribution >= 0.6 is 15.9 Å².